The summed E-state index contributed by atoms with van der Waals surface area (Å²) in [5.74, 6) is -0.958. The van der Waals surface area contributed by atoms with Gasteiger partial charge in [0, 0.05) is 17.1 Å². The van der Waals surface area contributed by atoms with Crippen LogP contribution in [-0.2, 0) is 6.18 Å². The first-order valence-electron chi connectivity index (χ1n) is 8.70. The number of benzene rings is 1. The van der Waals surface area contributed by atoms with E-state index in [0.717, 1.165) is 6.20 Å². The van der Waals surface area contributed by atoms with Crippen LogP contribution in [-0.4, -0.2) is 32.8 Å². The van der Waals surface area contributed by atoms with Gasteiger partial charge in [-0.3, -0.25) is 4.79 Å². The Hall–Kier alpha value is -1.68. The molecule has 1 fully saturated rings. The third kappa shape index (κ3) is 4.74. The fourth-order valence-electron chi connectivity index (χ4n) is 3.53. The second-order valence-corrected chi connectivity index (χ2v) is 8.27. The van der Waals surface area contributed by atoms with Crippen LogP contribution < -0.4 is 5.32 Å². The Morgan fingerprint density at radius 2 is 2.10 bits per heavy atom. The van der Waals surface area contributed by atoms with Crippen LogP contribution in [0.2, 0.25) is 5.02 Å². The minimum Gasteiger partial charge on any atom is -0.393 e. The molecule has 1 aromatic carbocycles. The summed E-state index contributed by atoms with van der Waals surface area (Å²) in [6, 6.07) is 6.49. The molecular weight excluding hydrogens is 477 g/mol. The Balaban J connectivity index is 1.98. The summed E-state index contributed by atoms with van der Waals surface area (Å²) in [5.41, 5.74) is -2.73. The van der Waals surface area contributed by atoms with E-state index in [4.69, 9.17) is 11.6 Å². The van der Waals surface area contributed by atoms with Gasteiger partial charge in [0.2, 0.25) is 0 Å². The molecule has 0 bridgehead atoms. The highest BCUT2D eigenvalue weighted by molar-refractivity contribution is 9.10. The van der Waals surface area contributed by atoms with Crippen LogP contribution in [0.1, 0.15) is 46.9 Å². The zero-order chi connectivity index (χ0) is 21.4. The first-order chi connectivity index (χ1) is 13.5. The molecule has 5 nitrogen and oxygen atoms in total. The predicted molar refractivity (Wildman–Crippen MR) is 103 cm³/mol. The number of aromatic nitrogens is 1. The number of rotatable bonds is 4. The molecule has 0 radical (unpaired) electrons. The number of hydrogen-bond donors (Lipinski definition) is 3. The Morgan fingerprint density at radius 1 is 1.38 bits per heavy atom. The molecule has 0 spiro atoms. The Kier molecular flexibility index (Phi) is 6.24. The molecule has 2 aromatic rings. The van der Waals surface area contributed by atoms with Crippen LogP contribution in [0, 0.1) is 0 Å². The third-order valence-corrected chi connectivity index (χ3v) is 5.78. The van der Waals surface area contributed by atoms with Gasteiger partial charge >= 0.3 is 6.18 Å². The van der Waals surface area contributed by atoms with Crippen molar-refractivity contribution in [1.29, 1.82) is 0 Å². The number of halogens is 5. The molecule has 1 aliphatic carbocycles. The van der Waals surface area contributed by atoms with Crippen molar-refractivity contribution in [2.45, 2.75) is 43.2 Å². The lowest BCUT2D eigenvalue weighted by Crippen LogP contribution is -2.45. The number of alkyl halides is 3. The maximum atomic E-state index is 13.1. The lowest BCUT2D eigenvalue weighted by molar-refractivity contribution is -0.137. The van der Waals surface area contributed by atoms with E-state index in [1.165, 1.54) is 0 Å². The van der Waals surface area contributed by atoms with Gasteiger partial charge in [-0.15, -0.1) is 0 Å². The summed E-state index contributed by atoms with van der Waals surface area (Å²) in [6.45, 7) is 0. The highest BCUT2D eigenvalue weighted by Crippen LogP contribution is 2.41. The van der Waals surface area contributed by atoms with Crippen LogP contribution >= 0.6 is 27.5 Å². The third-order valence-electron chi connectivity index (χ3n) is 4.90. The van der Waals surface area contributed by atoms with E-state index in [0.29, 0.717) is 22.5 Å². The van der Waals surface area contributed by atoms with Crippen LogP contribution in [0.25, 0.3) is 0 Å². The molecule has 3 rings (SSSR count). The molecule has 1 aromatic heterocycles. The second kappa shape index (κ2) is 8.22. The van der Waals surface area contributed by atoms with Crippen molar-refractivity contribution in [3.05, 3.63) is 62.8 Å². The van der Waals surface area contributed by atoms with Crippen molar-refractivity contribution < 1.29 is 28.2 Å². The van der Waals surface area contributed by atoms with Crippen LogP contribution in [0.15, 0.2) is 41.0 Å². The fourth-order valence-corrected chi connectivity index (χ4v) is 4.25. The van der Waals surface area contributed by atoms with Crippen molar-refractivity contribution in [1.82, 2.24) is 10.3 Å². The van der Waals surface area contributed by atoms with E-state index in [2.05, 4.69) is 26.2 Å². The topological polar surface area (TPSA) is 82.5 Å². The van der Waals surface area contributed by atoms with E-state index in [-0.39, 0.29) is 12.8 Å². The number of aliphatic hydroxyl groups excluding tert-OH is 1. The number of pyridine rings is 1. The molecule has 0 aliphatic heterocycles. The number of amides is 1. The minimum atomic E-state index is -4.74. The molecule has 10 heteroatoms. The highest BCUT2D eigenvalue weighted by Gasteiger charge is 2.45. The van der Waals surface area contributed by atoms with Crippen molar-refractivity contribution in [3.63, 3.8) is 0 Å². The molecule has 1 heterocycles. The number of aliphatic hydroxyl groups is 2. The van der Waals surface area contributed by atoms with Crippen molar-refractivity contribution >= 4 is 33.4 Å². The number of hydrogen-bond acceptors (Lipinski definition) is 4. The molecule has 1 saturated carbocycles. The van der Waals surface area contributed by atoms with Gasteiger partial charge in [0.25, 0.3) is 5.91 Å². The fraction of sp³-hybridized carbons (Fsp3) is 0.368. The van der Waals surface area contributed by atoms with Gasteiger partial charge in [0.15, 0.2) is 0 Å². The van der Waals surface area contributed by atoms with Crippen LogP contribution in [0.3, 0.4) is 0 Å². The van der Waals surface area contributed by atoms with Gasteiger partial charge in [0.1, 0.15) is 5.69 Å². The monoisotopic (exact) mass is 492 g/mol. The summed E-state index contributed by atoms with van der Waals surface area (Å²) in [6.07, 6.45) is -4.09. The van der Waals surface area contributed by atoms with Crippen LogP contribution in [0.5, 0.6) is 0 Å². The van der Waals surface area contributed by atoms with E-state index >= 15 is 0 Å². The van der Waals surface area contributed by atoms with Crippen molar-refractivity contribution in [3.8, 4) is 0 Å². The first-order valence-corrected chi connectivity index (χ1v) is 9.87. The zero-order valence-corrected chi connectivity index (χ0v) is 17.2. The number of carbonyl (C=O) groups excluding carboxylic acids is 1. The molecule has 0 saturated heterocycles. The summed E-state index contributed by atoms with van der Waals surface area (Å²) in [7, 11) is 0. The maximum Gasteiger partial charge on any atom is 0.417 e. The molecule has 3 atom stereocenters. The average molecular weight is 494 g/mol. The van der Waals surface area contributed by atoms with Gasteiger partial charge in [-0.1, -0.05) is 39.7 Å². The van der Waals surface area contributed by atoms with Crippen molar-refractivity contribution in [2.24, 2.45) is 0 Å². The summed E-state index contributed by atoms with van der Waals surface area (Å²) < 4.78 is 40.0. The summed E-state index contributed by atoms with van der Waals surface area (Å²) in [4.78, 5) is 16.5. The molecular formula is C19H17BrClF3N2O3. The molecule has 156 valence electrons. The van der Waals surface area contributed by atoms with E-state index < -0.39 is 46.1 Å². The summed E-state index contributed by atoms with van der Waals surface area (Å²) >= 11 is 9.13. The Bertz CT molecular complexity index is 928. The molecule has 3 unspecified atom stereocenters. The van der Waals surface area contributed by atoms with Gasteiger partial charge in [0.05, 0.1) is 28.3 Å². The standard InChI is InChI=1S/C19H17BrClF3N2O3/c20-11-3-1-2-10(8-11)16(18(29)6-4-12(27)9-18)26-17(28)15-14(21)13(5-7-25-15)19(22,23)24/h1-3,5,7-8,12,16,27,29H,4,6,9H2,(H,26,28). The highest BCUT2D eigenvalue weighted by atomic mass is 79.9. The molecule has 1 amide bonds. The van der Waals surface area contributed by atoms with E-state index in [9.17, 15) is 28.2 Å². The first kappa shape index (κ1) is 22.0. The largest absolute Gasteiger partial charge is 0.417 e. The van der Waals surface area contributed by atoms with Gasteiger partial charge in [-0.05, 0) is 36.6 Å². The van der Waals surface area contributed by atoms with Crippen molar-refractivity contribution in [2.75, 3.05) is 0 Å². The van der Waals surface area contributed by atoms with E-state index in [1.807, 2.05) is 0 Å². The quantitative estimate of drug-likeness (QED) is 0.594. The SMILES string of the molecule is O=C(NC(c1cccc(Br)c1)C1(O)CCC(O)C1)c1nccc(C(F)(F)F)c1Cl. The average Bonchev–Trinajstić information content (AvgIpc) is 2.98. The van der Waals surface area contributed by atoms with Gasteiger partial charge in [-0.25, -0.2) is 4.98 Å². The second-order valence-electron chi connectivity index (χ2n) is 6.98. The Morgan fingerprint density at radius 3 is 2.69 bits per heavy atom. The number of nitrogens with zero attached hydrogens (tertiary/aromatic N) is 1. The summed E-state index contributed by atoms with van der Waals surface area (Å²) in [5, 5.41) is 22.7. The normalized spacial score (nSPS) is 23.1. The van der Waals surface area contributed by atoms with Crippen LogP contribution in [0.4, 0.5) is 13.2 Å². The van der Waals surface area contributed by atoms with Gasteiger partial charge < -0.3 is 15.5 Å². The smallest absolute Gasteiger partial charge is 0.393 e. The lowest BCUT2D eigenvalue weighted by Gasteiger charge is -2.34. The maximum absolute atomic E-state index is 13.1. The lowest BCUT2D eigenvalue weighted by atomic mass is 9.86. The predicted octanol–water partition coefficient (Wildman–Crippen LogP) is 4.26. The van der Waals surface area contributed by atoms with E-state index in [1.54, 1.807) is 24.3 Å². The molecule has 1 aliphatic rings. The molecule has 3 N–H and O–H groups in total. The zero-order valence-electron chi connectivity index (χ0n) is 14.9. The minimum absolute atomic E-state index is 0.00815. The van der Waals surface area contributed by atoms with Gasteiger partial charge in [-0.2, -0.15) is 13.2 Å². The number of carbonyl (C=O) groups is 1. The number of nitrogens with one attached hydrogen (secondary N) is 1. The molecule has 29 heavy (non-hydrogen) atoms. The Labute approximate surface area is 178 Å².